The molecule has 0 aliphatic heterocycles. The number of hydrogen-bond acceptors (Lipinski definition) is 5. The Hall–Kier alpha value is -2.80. The number of nitrogens with two attached hydrogens (primary N) is 1. The number of anilines is 1. The van der Waals surface area contributed by atoms with Gasteiger partial charge in [0.1, 0.15) is 0 Å². The van der Waals surface area contributed by atoms with Gasteiger partial charge in [-0.2, -0.15) is 0 Å². The van der Waals surface area contributed by atoms with Crippen LogP contribution < -0.4 is 11.1 Å². The number of thioether (sulfide) groups is 1. The average Bonchev–Trinajstić information content (AvgIpc) is 2.68. The number of primary amides is 1. The van der Waals surface area contributed by atoms with Crippen LogP contribution in [0.3, 0.4) is 0 Å². The number of para-hydroxylation sites is 1. The molecule has 0 aromatic heterocycles. The molecule has 2 rings (SSSR count). The van der Waals surface area contributed by atoms with E-state index in [1.165, 1.54) is 11.8 Å². The summed E-state index contributed by atoms with van der Waals surface area (Å²) in [5, 5.41) is 2.71. The van der Waals surface area contributed by atoms with E-state index in [0.717, 1.165) is 27.8 Å². The SMILES string of the molecule is Cc1c(C)c(C)c(C(=O)OCC(=O)Nc2ccccc2SCC(N)=O)c(C)c1C. The van der Waals surface area contributed by atoms with E-state index in [0.29, 0.717) is 16.1 Å². The lowest BCUT2D eigenvalue weighted by atomic mass is 9.90. The third kappa shape index (κ3) is 5.38. The van der Waals surface area contributed by atoms with Gasteiger partial charge in [0, 0.05) is 4.90 Å². The molecule has 0 fully saturated rings. The Kier molecular flexibility index (Phi) is 7.45. The van der Waals surface area contributed by atoms with Crippen LogP contribution in [0.5, 0.6) is 0 Å². The van der Waals surface area contributed by atoms with Crippen molar-refractivity contribution in [2.75, 3.05) is 17.7 Å². The Morgan fingerprint density at radius 1 is 0.931 bits per heavy atom. The highest BCUT2D eigenvalue weighted by molar-refractivity contribution is 8.00. The number of rotatable bonds is 7. The quantitative estimate of drug-likeness (QED) is 0.533. The number of ether oxygens (including phenoxy) is 1. The van der Waals surface area contributed by atoms with Crippen molar-refractivity contribution in [3.63, 3.8) is 0 Å². The van der Waals surface area contributed by atoms with E-state index in [1.54, 1.807) is 24.3 Å². The highest BCUT2D eigenvalue weighted by atomic mass is 32.2. The summed E-state index contributed by atoms with van der Waals surface area (Å²) in [6, 6.07) is 7.05. The Morgan fingerprint density at radius 3 is 2.07 bits per heavy atom. The predicted molar refractivity (Wildman–Crippen MR) is 115 cm³/mol. The zero-order valence-electron chi connectivity index (χ0n) is 17.3. The second kappa shape index (κ2) is 9.60. The molecule has 0 saturated carbocycles. The standard InChI is InChI=1S/C22H26N2O4S/c1-12-13(2)15(4)21(16(5)14(12)3)22(27)28-10-20(26)24-17-8-6-7-9-18(17)29-11-19(23)25/h6-9H,10-11H2,1-5H3,(H2,23,25)(H,24,26). The molecule has 6 nitrogen and oxygen atoms in total. The molecule has 2 aromatic rings. The van der Waals surface area contributed by atoms with Crippen LogP contribution in [0.25, 0.3) is 0 Å². The van der Waals surface area contributed by atoms with Crippen LogP contribution in [0.4, 0.5) is 5.69 Å². The zero-order chi connectivity index (χ0) is 21.7. The Bertz CT molecular complexity index is 941. The molecule has 0 aliphatic rings. The summed E-state index contributed by atoms with van der Waals surface area (Å²) < 4.78 is 5.28. The van der Waals surface area contributed by atoms with E-state index >= 15 is 0 Å². The molecule has 0 saturated heterocycles. The summed E-state index contributed by atoms with van der Waals surface area (Å²) in [7, 11) is 0. The second-order valence-electron chi connectivity index (χ2n) is 6.88. The van der Waals surface area contributed by atoms with Gasteiger partial charge in [-0.05, 0) is 74.6 Å². The van der Waals surface area contributed by atoms with Crippen LogP contribution in [-0.2, 0) is 14.3 Å². The van der Waals surface area contributed by atoms with Crippen molar-refractivity contribution >= 4 is 35.2 Å². The van der Waals surface area contributed by atoms with E-state index in [1.807, 2.05) is 34.6 Å². The monoisotopic (exact) mass is 414 g/mol. The van der Waals surface area contributed by atoms with Crippen molar-refractivity contribution in [1.82, 2.24) is 0 Å². The van der Waals surface area contributed by atoms with Crippen molar-refractivity contribution in [2.45, 2.75) is 39.5 Å². The third-order valence-electron chi connectivity index (χ3n) is 5.07. The molecular weight excluding hydrogens is 388 g/mol. The van der Waals surface area contributed by atoms with Crippen LogP contribution in [0, 0.1) is 34.6 Å². The van der Waals surface area contributed by atoms with Crippen LogP contribution in [0.1, 0.15) is 38.2 Å². The Morgan fingerprint density at radius 2 is 1.48 bits per heavy atom. The molecule has 29 heavy (non-hydrogen) atoms. The van der Waals surface area contributed by atoms with Crippen LogP contribution in [-0.4, -0.2) is 30.1 Å². The number of benzene rings is 2. The van der Waals surface area contributed by atoms with E-state index in [4.69, 9.17) is 10.5 Å². The molecule has 2 aromatic carbocycles. The number of esters is 1. The highest BCUT2D eigenvalue weighted by Crippen LogP contribution is 2.28. The van der Waals surface area contributed by atoms with Crippen LogP contribution >= 0.6 is 11.8 Å². The number of nitrogens with one attached hydrogen (secondary N) is 1. The summed E-state index contributed by atoms with van der Waals surface area (Å²) in [5.41, 5.74) is 11.2. The fourth-order valence-electron chi connectivity index (χ4n) is 3.04. The fourth-order valence-corrected chi connectivity index (χ4v) is 3.79. The van der Waals surface area contributed by atoms with E-state index in [2.05, 4.69) is 5.32 Å². The van der Waals surface area contributed by atoms with Gasteiger partial charge in [0.05, 0.1) is 17.0 Å². The third-order valence-corrected chi connectivity index (χ3v) is 6.17. The maximum absolute atomic E-state index is 12.6. The van der Waals surface area contributed by atoms with Crippen molar-refractivity contribution in [2.24, 2.45) is 5.73 Å². The first-order chi connectivity index (χ1) is 13.6. The minimum absolute atomic E-state index is 0.104. The summed E-state index contributed by atoms with van der Waals surface area (Å²) >= 11 is 1.23. The first kappa shape index (κ1) is 22.5. The second-order valence-corrected chi connectivity index (χ2v) is 7.89. The molecule has 0 radical (unpaired) electrons. The maximum Gasteiger partial charge on any atom is 0.339 e. The van der Waals surface area contributed by atoms with Crippen molar-refractivity contribution in [1.29, 1.82) is 0 Å². The first-order valence-electron chi connectivity index (χ1n) is 9.17. The number of carbonyl (C=O) groups is 3. The lowest BCUT2D eigenvalue weighted by Gasteiger charge is -2.17. The first-order valence-corrected chi connectivity index (χ1v) is 10.2. The van der Waals surface area contributed by atoms with E-state index in [9.17, 15) is 14.4 Å². The van der Waals surface area contributed by atoms with Gasteiger partial charge in [-0.25, -0.2) is 4.79 Å². The maximum atomic E-state index is 12.6. The molecule has 2 amide bonds. The van der Waals surface area contributed by atoms with Gasteiger partial charge < -0.3 is 15.8 Å². The molecule has 0 bridgehead atoms. The van der Waals surface area contributed by atoms with Gasteiger partial charge in [-0.1, -0.05) is 12.1 Å². The average molecular weight is 415 g/mol. The predicted octanol–water partition coefficient (Wildman–Crippen LogP) is 3.60. The highest BCUT2D eigenvalue weighted by Gasteiger charge is 2.20. The smallest absolute Gasteiger partial charge is 0.339 e. The van der Waals surface area contributed by atoms with Crippen LogP contribution in [0.2, 0.25) is 0 Å². The largest absolute Gasteiger partial charge is 0.452 e. The Balaban J connectivity index is 2.08. The Labute approximate surface area is 175 Å². The minimum Gasteiger partial charge on any atom is -0.452 e. The van der Waals surface area contributed by atoms with Crippen molar-refractivity contribution in [3.05, 3.63) is 57.6 Å². The summed E-state index contributed by atoms with van der Waals surface area (Å²) in [4.78, 5) is 36.7. The topological polar surface area (TPSA) is 98.5 Å². The van der Waals surface area contributed by atoms with Gasteiger partial charge in [0.25, 0.3) is 5.91 Å². The van der Waals surface area contributed by atoms with Crippen LogP contribution in [0.15, 0.2) is 29.2 Å². The minimum atomic E-state index is -0.516. The molecule has 0 aliphatic carbocycles. The number of hydrogen-bond donors (Lipinski definition) is 2. The zero-order valence-corrected chi connectivity index (χ0v) is 18.2. The fraction of sp³-hybridized carbons (Fsp3) is 0.318. The van der Waals surface area contributed by atoms with Gasteiger partial charge in [0.2, 0.25) is 5.91 Å². The van der Waals surface area contributed by atoms with E-state index < -0.39 is 24.4 Å². The molecular formula is C22H26N2O4S. The summed E-state index contributed by atoms with van der Waals surface area (Å²) in [6.07, 6.45) is 0. The molecule has 0 heterocycles. The number of amides is 2. The molecule has 0 unspecified atom stereocenters. The summed E-state index contributed by atoms with van der Waals surface area (Å²) in [6.45, 7) is 9.34. The molecule has 7 heteroatoms. The molecule has 0 spiro atoms. The molecule has 154 valence electrons. The van der Waals surface area contributed by atoms with Gasteiger partial charge >= 0.3 is 5.97 Å². The molecule has 0 atom stereocenters. The van der Waals surface area contributed by atoms with Gasteiger partial charge in [0.15, 0.2) is 6.61 Å². The van der Waals surface area contributed by atoms with Crippen molar-refractivity contribution < 1.29 is 19.1 Å². The normalized spacial score (nSPS) is 10.5. The van der Waals surface area contributed by atoms with E-state index in [-0.39, 0.29) is 5.75 Å². The summed E-state index contributed by atoms with van der Waals surface area (Å²) in [5.74, 6) is -1.31. The lowest BCUT2D eigenvalue weighted by molar-refractivity contribution is -0.119. The van der Waals surface area contributed by atoms with Gasteiger partial charge in [-0.15, -0.1) is 11.8 Å². The van der Waals surface area contributed by atoms with Crippen molar-refractivity contribution in [3.8, 4) is 0 Å². The number of carbonyl (C=O) groups excluding carboxylic acids is 3. The lowest BCUT2D eigenvalue weighted by Crippen LogP contribution is -2.22. The van der Waals surface area contributed by atoms with Gasteiger partial charge in [-0.3, -0.25) is 9.59 Å². The molecule has 3 N–H and O–H groups in total.